The summed E-state index contributed by atoms with van der Waals surface area (Å²) in [6, 6.07) is 5.59. The minimum Gasteiger partial charge on any atom is -0.497 e. The number of carbonyl (C=O) groups excluding carboxylic acids is 1. The fraction of sp³-hybridized carbons (Fsp3) is 0.562. The van der Waals surface area contributed by atoms with Crippen LogP contribution in [0.1, 0.15) is 12.0 Å². The van der Waals surface area contributed by atoms with Gasteiger partial charge in [0.15, 0.2) is 9.84 Å². The molecule has 7 heteroatoms. The van der Waals surface area contributed by atoms with E-state index in [-0.39, 0.29) is 11.8 Å². The predicted molar refractivity (Wildman–Crippen MR) is 85.5 cm³/mol. The molecule has 0 spiro atoms. The highest BCUT2D eigenvalue weighted by Gasteiger charge is 2.36. The lowest BCUT2D eigenvalue weighted by Gasteiger charge is -2.28. The fourth-order valence-corrected chi connectivity index (χ4v) is 4.16. The van der Waals surface area contributed by atoms with Gasteiger partial charge in [0.2, 0.25) is 5.91 Å². The molecule has 0 bridgehead atoms. The number of carbonyl (C=O) groups is 1. The summed E-state index contributed by atoms with van der Waals surface area (Å²) in [5, 5.41) is -0.437. The molecule has 0 N–H and O–H groups in total. The van der Waals surface area contributed by atoms with Gasteiger partial charge in [-0.15, -0.1) is 0 Å². The van der Waals surface area contributed by atoms with E-state index in [0.717, 1.165) is 17.1 Å². The Morgan fingerprint density at radius 3 is 2.83 bits per heavy atom. The molecular weight excluding hydrogens is 318 g/mol. The zero-order valence-corrected chi connectivity index (χ0v) is 14.1. The molecule has 2 atom stereocenters. The van der Waals surface area contributed by atoms with Crippen molar-refractivity contribution >= 4 is 15.7 Å². The van der Waals surface area contributed by atoms with Crippen LogP contribution >= 0.6 is 0 Å². The monoisotopic (exact) mass is 339 g/mol. The number of amides is 1. The molecule has 2 aliphatic rings. The number of likely N-dealkylation sites (tertiary alicyclic amines) is 1. The summed E-state index contributed by atoms with van der Waals surface area (Å²) in [7, 11) is -1.50. The number of rotatable bonds is 3. The smallest absolute Gasteiger partial charge is 0.229 e. The van der Waals surface area contributed by atoms with Gasteiger partial charge in [0.05, 0.1) is 18.3 Å². The largest absolute Gasteiger partial charge is 0.497 e. The van der Waals surface area contributed by atoms with Gasteiger partial charge in [-0.2, -0.15) is 0 Å². The summed E-state index contributed by atoms with van der Waals surface area (Å²) in [6.07, 6.45) is 2.36. The highest BCUT2D eigenvalue weighted by Crippen LogP contribution is 2.32. The number of sulfone groups is 1. The molecule has 1 saturated heterocycles. The summed E-state index contributed by atoms with van der Waals surface area (Å²) in [4.78, 5) is 14.3. The van der Waals surface area contributed by atoms with Gasteiger partial charge < -0.3 is 14.4 Å². The normalized spacial score (nSPS) is 24.0. The second-order valence-electron chi connectivity index (χ2n) is 6.21. The third-order valence-electron chi connectivity index (χ3n) is 4.59. The van der Waals surface area contributed by atoms with Crippen molar-refractivity contribution in [2.24, 2.45) is 5.92 Å². The predicted octanol–water partition coefficient (Wildman–Crippen LogP) is 0.892. The topological polar surface area (TPSA) is 72.9 Å². The number of hydrogen-bond acceptors (Lipinski definition) is 5. The van der Waals surface area contributed by atoms with E-state index < -0.39 is 15.1 Å². The minimum absolute atomic E-state index is 0.0161. The number of hydrogen-bond donors (Lipinski definition) is 0. The molecule has 1 aromatic rings. The van der Waals surface area contributed by atoms with E-state index in [1.165, 1.54) is 6.26 Å². The molecule has 0 aliphatic carbocycles. The third kappa shape index (κ3) is 3.29. The molecule has 2 heterocycles. The number of fused-ring (bicyclic) bond motifs is 1. The summed E-state index contributed by atoms with van der Waals surface area (Å²) < 4.78 is 34.1. The molecule has 3 rings (SSSR count). The lowest BCUT2D eigenvalue weighted by atomic mass is 9.95. The van der Waals surface area contributed by atoms with Gasteiger partial charge in [0.1, 0.15) is 18.1 Å². The average Bonchev–Trinajstić information content (AvgIpc) is 3.03. The van der Waals surface area contributed by atoms with E-state index in [9.17, 15) is 13.2 Å². The Hall–Kier alpha value is -1.76. The Balaban J connectivity index is 1.68. The van der Waals surface area contributed by atoms with E-state index in [2.05, 4.69) is 0 Å². The molecule has 1 fully saturated rings. The van der Waals surface area contributed by atoms with Crippen molar-refractivity contribution < 1.29 is 22.7 Å². The van der Waals surface area contributed by atoms with Gasteiger partial charge in [-0.05, 0) is 24.5 Å². The highest BCUT2D eigenvalue weighted by molar-refractivity contribution is 7.91. The van der Waals surface area contributed by atoms with Crippen LogP contribution in [0.15, 0.2) is 18.2 Å². The van der Waals surface area contributed by atoms with Crippen LogP contribution in [0.25, 0.3) is 0 Å². The molecule has 0 saturated carbocycles. The summed E-state index contributed by atoms with van der Waals surface area (Å²) in [5.41, 5.74) is 0.981. The molecular formula is C16H21NO5S. The lowest BCUT2D eigenvalue weighted by Crippen LogP contribution is -2.40. The minimum atomic E-state index is -3.10. The van der Waals surface area contributed by atoms with E-state index in [0.29, 0.717) is 32.5 Å². The Bertz CT molecular complexity index is 715. The van der Waals surface area contributed by atoms with Crippen molar-refractivity contribution in [3.63, 3.8) is 0 Å². The first-order valence-electron chi connectivity index (χ1n) is 7.66. The van der Waals surface area contributed by atoms with Crippen LogP contribution in [0, 0.1) is 5.92 Å². The second-order valence-corrected chi connectivity index (χ2v) is 8.54. The molecule has 23 heavy (non-hydrogen) atoms. The van der Waals surface area contributed by atoms with Crippen LogP contribution in [0.4, 0.5) is 0 Å². The van der Waals surface area contributed by atoms with Gasteiger partial charge in [0, 0.05) is 25.4 Å². The maximum absolute atomic E-state index is 12.6. The van der Waals surface area contributed by atoms with Crippen molar-refractivity contribution in [1.29, 1.82) is 0 Å². The number of nitrogens with zero attached hydrogens (tertiary/aromatic N) is 1. The SMILES string of the molecule is COc1ccc2c(c1)OC[C@H](C(=O)N1CC[C@@H](S(C)(=O)=O)C1)C2. The van der Waals surface area contributed by atoms with E-state index in [1.54, 1.807) is 12.0 Å². The number of methoxy groups -OCH3 is 1. The van der Waals surface area contributed by atoms with Crippen LogP contribution in [0.2, 0.25) is 0 Å². The van der Waals surface area contributed by atoms with Crippen molar-refractivity contribution in [3.8, 4) is 11.5 Å². The van der Waals surface area contributed by atoms with Crippen LogP contribution in [-0.2, 0) is 21.1 Å². The molecule has 126 valence electrons. The van der Waals surface area contributed by atoms with Gasteiger partial charge in [0.25, 0.3) is 0 Å². The number of ether oxygens (including phenoxy) is 2. The Labute approximate surface area is 136 Å². The van der Waals surface area contributed by atoms with Gasteiger partial charge in [-0.3, -0.25) is 4.79 Å². The van der Waals surface area contributed by atoms with E-state index >= 15 is 0 Å². The molecule has 0 aromatic heterocycles. The standard InChI is InChI=1S/C16H21NO5S/c1-21-13-4-3-11-7-12(10-22-15(11)8-13)16(18)17-6-5-14(9-17)23(2,19)20/h3-4,8,12,14H,5-7,9-10H2,1-2H3/t12-,14-/m1/s1. The summed E-state index contributed by atoms with van der Waals surface area (Å²) in [6.45, 7) is 1.12. The number of benzene rings is 1. The molecule has 2 aliphatic heterocycles. The van der Waals surface area contributed by atoms with E-state index in [4.69, 9.17) is 9.47 Å². The quantitative estimate of drug-likeness (QED) is 0.818. The first-order valence-corrected chi connectivity index (χ1v) is 9.61. The van der Waals surface area contributed by atoms with Crippen molar-refractivity contribution in [3.05, 3.63) is 23.8 Å². The molecule has 1 aromatic carbocycles. The lowest BCUT2D eigenvalue weighted by molar-refractivity contribution is -0.135. The first kappa shape index (κ1) is 16.1. The third-order valence-corrected chi connectivity index (χ3v) is 6.19. The Morgan fingerprint density at radius 1 is 1.39 bits per heavy atom. The zero-order chi connectivity index (χ0) is 16.6. The second kappa shape index (κ2) is 6.03. The fourth-order valence-electron chi connectivity index (χ4n) is 3.17. The maximum Gasteiger partial charge on any atom is 0.229 e. The van der Waals surface area contributed by atoms with Gasteiger partial charge >= 0.3 is 0 Å². The molecule has 0 radical (unpaired) electrons. The highest BCUT2D eigenvalue weighted by atomic mass is 32.2. The van der Waals surface area contributed by atoms with E-state index in [1.807, 2.05) is 18.2 Å². The van der Waals surface area contributed by atoms with Crippen molar-refractivity contribution in [2.75, 3.05) is 33.1 Å². The van der Waals surface area contributed by atoms with Crippen LogP contribution < -0.4 is 9.47 Å². The summed E-state index contributed by atoms with van der Waals surface area (Å²) in [5.74, 6) is 1.21. The molecule has 1 amide bonds. The molecule has 6 nitrogen and oxygen atoms in total. The summed E-state index contributed by atoms with van der Waals surface area (Å²) >= 11 is 0. The van der Waals surface area contributed by atoms with Crippen molar-refractivity contribution in [1.82, 2.24) is 4.90 Å². The van der Waals surface area contributed by atoms with Crippen LogP contribution in [-0.4, -0.2) is 57.5 Å². The van der Waals surface area contributed by atoms with Crippen molar-refractivity contribution in [2.45, 2.75) is 18.1 Å². The zero-order valence-electron chi connectivity index (χ0n) is 13.3. The maximum atomic E-state index is 12.6. The van der Waals surface area contributed by atoms with Crippen LogP contribution in [0.3, 0.4) is 0 Å². The van der Waals surface area contributed by atoms with Gasteiger partial charge in [-0.25, -0.2) is 8.42 Å². The Morgan fingerprint density at radius 2 is 2.17 bits per heavy atom. The molecule has 0 unspecified atom stereocenters. The van der Waals surface area contributed by atoms with Gasteiger partial charge in [-0.1, -0.05) is 6.07 Å². The van der Waals surface area contributed by atoms with Crippen LogP contribution in [0.5, 0.6) is 11.5 Å². The Kier molecular flexibility index (Phi) is 4.23. The first-order chi connectivity index (χ1) is 10.9. The average molecular weight is 339 g/mol.